The largest absolute Gasteiger partial charge is 0.393 e. The third-order valence-electron chi connectivity index (χ3n) is 5.07. The van der Waals surface area contributed by atoms with Gasteiger partial charge in [-0.15, -0.1) is 0 Å². The Morgan fingerprint density at radius 1 is 1.00 bits per heavy atom. The fraction of sp³-hybridized carbons (Fsp3) is 0.864. The maximum absolute atomic E-state index is 10.6. The van der Waals surface area contributed by atoms with Crippen molar-refractivity contribution in [3.63, 3.8) is 0 Å². The molecule has 0 aromatic carbocycles. The van der Waals surface area contributed by atoms with Crippen LogP contribution < -0.4 is 5.73 Å². The number of hydrogen-bond acceptors (Lipinski definition) is 2. The summed E-state index contributed by atoms with van der Waals surface area (Å²) < 4.78 is 0. The Morgan fingerprint density at radius 3 is 2.20 bits per heavy atom. The predicted octanol–water partition coefficient (Wildman–Crippen LogP) is 5.75. The number of unbranched alkanes of at least 4 members (excludes halogenated alkanes) is 5. The Bertz CT molecular complexity index is 385. The second-order valence-corrected chi connectivity index (χ2v) is 9.20. The van der Waals surface area contributed by atoms with Crippen molar-refractivity contribution in [2.24, 2.45) is 16.6 Å². The first-order valence-electron chi connectivity index (χ1n) is 10.2. The van der Waals surface area contributed by atoms with E-state index in [1.165, 1.54) is 25.7 Å². The van der Waals surface area contributed by atoms with Gasteiger partial charge in [0.1, 0.15) is 0 Å². The zero-order valence-corrected chi connectivity index (χ0v) is 17.4. The molecule has 3 heteroatoms. The highest BCUT2D eigenvalue weighted by molar-refractivity contribution is 5.73. The van der Waals surface area contributed by atoms with Crippen LogP contribution in [0.5, 0.6) is 0 Å². The number of primary amides is 1. The highest BCUT2D eigenvalue weighted by atomic mass is 16.3. The quantitative estimate of drug-likeness (QED) is 0.291. The molecule has 0 fully saturated rings. The van der Waals surface area contributed by atoms with Gasteiger partial charge in [-0.3, -0.25) is 4.79 Å². The summed E-state index contributed by atoms with van der Waals surface area (Å²) in [5, 5.41) is 10.3. The Hall–Kier alpha value is -0.830. The number of aliphatic hydroxyl groups is 1. The molecule has 25 heavy (non-hydrogen) atoms. The van der Waals surface area contributed by atoms with E-state index in [4.69, 9.17) is 5.73 Å². The van der Waals surface area contributed by atoms with Crippen LogP contribution in [0.2, 0.25) is 0 Å². The van der Waals surface area contributed by atoms with Crippen LogP contribution in [0.1, 0.15) is 105 Å². The molecule has 0 heterocycles. The van der Waals surface area contributed by atoms with E-state index in [0.717, 1.165) is 38.5 Å². The highest BCUT2D eigenvalue weighted by Gasteiger charge is 2.29. The molecule has 3 nitrogen and oxygen atoms in total. The van der Waals surface area contributed by atoms with Crippen LogP contribution >= 0.6 is 0 Å². The van der Waals surface area contributed by atoms with Gasteiger partial charge in [0.25, 0.3) is 0 Å². The van der Waals surface area contributed by atoms with E-state index < -0.39 is 0 Å². The third kappa shape index (κ3) is 15.2. The highest BCUT2D eigenvalue weighted by Crippen LogP contribution is 2.39. The number of aliphatic hydroxyl groups excluding tert-OH is 1. The number of amides is 1. The smallest absolute Gasteiger partial charge is 0.217 e. The van der Waals surface area contributed by atoms with E-state index in [1.807, 2.05) is 0 Å². The maximum atomic E-state index is 10.6. The van der Waals surface area contributed by atoms with Crippen LogP contribution in [-0.2, 0) is 4.79 Å². The normalized spacial score (nSPS) is 14.2. The molecule has 148 valence electrons. The van der Waals surface area contributed by atoms with Gasteiger partial charge in [0.2, 0.25) is 5.91 Å². The Kier molecular flexibility index (Phi) is 12.1. The van der Waals surface area contributed by atoms with E-state index in [9.17, 15) is 9.90 Å². The molecule has 3 N–H and O–H groups in total. The van der Waals surface area contributed by atoms with E-state index in [1.54, 1.807) is 0 Å². The van der Waals surface area contributed by atoms with Crippen LogP contribution in [-0.4, -0.2) is 17.1 Å². The number of carbonyl (C=O) groups excluding carboxylic acids is 1. The lowest BCUT2D eigenvalue weighted by atomic mass is 9.71. The molecule has 0 rings (SSSR count). The standard InChI is InChI=1S/C22H43NO2/c1-6-21(2,3)18-22(4,5)17-19(24)15-13-11-9-7-8-10-12-14-16-20(23)25/h11,13,19,24H,6-10,12,14-18H2,1-5H3,(H2,23,25)/b13-11-. The minimum absolute atomic E-state index is 0.178. The topological polar surface area (TPSA) is 63.3 Å². The van der Waals surface area contributed by atoms with Gasteiger partial charge in [0, 0.05) is 6.42 Å². The van der Waals surface area contributed by atoms with Crippen molar-refractivity contribution in [3.05, 3.63) is 12.2 Å². The SMILES string of the molecule is CCC(C)(C)CC(C)(C)CC(O)C/C=C\CCCCCCCC(N)=O. The number of carbonyl (C=O) groups is 1. The molecule has 0 aliphatic carbocycles. The minimum atomic E-state index is -0.243. The van der Waals surface area contributed by atoms with E-state index in [0.29, 0.717) is 11.8 Å². The molecule has 1 atom stereocenters. The van der Waals surface area contributed by atoms with E-state index in [-0.39, 0.29) is 17.4 Å². The second kappa shape index (κ2) is 12.5. The van der Waals surface area contributed by atoms with Gasteiger partial charge in [0.15, 0.2) is 0 Å². The van der Waals surface area contributed by atoms with Gasteiger partial charge in [-0.05, 0) is 49.4 Å². The van der Waals surface area contributed by atoms with E-state index >= 15 is 0 Å². The summed E-state index contributed by atoms with van der Waals surface area (Å²) in [5.74, 6) is -0.192. The first-order chi connectivity index (χ1) is 11.6. The Balaban J connectivity index is 3.78. The van der Waals surface area contributed by atoms with Crippen LogP contribution in [0, 0.1) is 10.8 Å². The molecule has 0 aliphatic rings. The van der Waals surface area contributed by atoms with Gasteiger partial charge in [-0.1, -0.05) is 72.5 Å². The summed E-state index contributed by atoms with van der Waals surface area (Å²) in [7, 11) is 0. The van der Waals surface area contributed by atoms with Crippen molar-refractivity contribution in [3.8, 4) is 0 Å². The minimum Gasteiger partial charge on any atom is -0.393 e. The summed E-state index contributed by atoms with van der Waals surface area (Å²) in [6.45, 7) is 11.4. The van der Waals surface area contributed by atoms with Crippen LogP contribution in [0.25, 0.3) is 0 Å². The molecular formula is C22H43NO2. The Morgan fingerprint density at radius 2 is 1.60 bits per heavy atom. The van der Waals surface area contributed by atoms with Gasteiger partial charge >= 0.3 is 0 Å². The monoisotopic (exact) mass is 353 g/mol. The number of allylic oxidation sites excluding steroid dienone is 1. The van der Waals surface area contributed by atoms with Crippen molar-refractivity contribution < 1.29 is 9.90 Å². The van der Waals surface area contributed by atoms with Gasteiger partial charge in [-0.25, -0.2) is 0 Å². The molecule has 0 saturated heterocycles. The molecular weight excluding hydrogens is 310 g/mol. The summed E-state index contributed by atoms with van der Waals surface area (Å²) in [4.78, 5) is 10.6. The summed E-state index contributed by atoms with van der Waals surface area (Å²) in [5.41, 5.74) is 5.64. The maximum Gasteiger partial charge on any atom is 0.217 e. The van der Waals surface area contributed by atoms with Crippen molar-refractivity contribution in [2.45, 2.75) is 111 Å². The molecule has 0 spiro atoms. The lowest BCUT2D eigenvalue weighted by Gasteiger charge is -2.35. The number of hydrogen-bond donors (Lipinski definition) is 2. The zero-order valence-electron chi connectivity index (χ0n) is 17.4. The van der Waals surface area contributed by atoms with Crippen LogP contribution in [0.15, 0.2) is 12.2 Å². The van der Waals surface area contributed by atoms with Crippen LogP contribution in [0.4, 0.5) is 0 Å². The van der Waals surface area contributed by atoms with Gasteiger partial charge in [-0.2, -0.15) is 0 Å². The lowest BCUT2D eigenvalue weighted by Crippen LogP contribution is -2.26. The average molecular weight is 354 g/mol. The number of nitrogens with two attached hydrogens (primary N) is 1. The van der Waals surface area contributed by atoms with Gasteiger partial charge < -0.3 is 10.8 Å². The first-order valence-corrected chi connectivity index (χ1v) is 10.2. The average Bonchev–Trinajstić information content (AvgIpc) is 2.47. The molecule has 0 radical (unpaired) electrons. The molecule has 0 aromatic rings. The third-order valence-corrected chi connectivity index (χ3v) is 5.07. The molecule has 1 amide bonds. The van der Waals surface area contributed by atoms with Crippen molar-refractivity contribution >= 4 is 5.91 Å². The van der Waals surface area contributed by atoms with Crippen LogP contribution in [0.3, 0.4) is 0 Å². The van der Waals surface area contributed by atoms with Crippen molar-refractivity contribution in [2.75, 3.05) is 0 Å². The fourth-order valence-corrected chi connectivity index (χ4v) is 3.68. The number of rotatable bonds is 15. The molecule has 0 aromatic heterocycles. The van der Waals surface area contributed by atoms with E-state index in [2.05, 4.69) is 46.8 Å². The second-order valence-electron chi connectivity index (χ2n) is 9.20. The molecule has 0 saturated carbocycles. The van der Waals surface area contributed by atoms with Crippen molar-refractivity contribution in [1.82, 2.24) is 0 Å². The summed E-state index contributed by atoms with van der Waals surface area (Å²) in [6, 6.07) is 0. The predicted molar refractivity (Wildman–Crippen MR) is 108 cm³/mol. The summed E-state index contributed by atoms with van der Waals surface area (Å²) in [6.07, 6.45) is 15.2. The molecule has 1 unspecified atom stereocenters. The van der Waals surface area contributed by atoms with Gasteiger partial charge in [0.05, 0.1) is 6.10 Å². The molecule has 0 bridgehead atoms. The molecule has 0 aliphatic heterocycles. The Labute approximate surface area is 156 Å². The first kappa shape index (κ1) is 24.2. The lowest BCUT2D eigenvalue weighted by molar-refractivity contribution is -0.118. The zero-order chi connectivity index (χ0) is 19.3. The fourth-order valence-electron chi connectivity index (χ4n) is 3.68. The van der Waals surface area contributed by atoms with Crippen molar-refractivity contribution in [1.29, 1.82) is 0 Å². The summed E-state index contributed by atoms with van der Waals surface area (Å²) >= 11 is 0.